The molecule has 6 nitrogen and oxygen atoms in total. The van der Waals surface area contributed by atoms with Gasteiger partial charge in [-0.3, -0.25) is 9.59 Å². The fourth-order valence-electron chi connectivity index (χ4n) is 3.16. The van der Waals surface area contributed by atoms with Crippen LogP contribution in [0.5, 0.6) is 0 Å². The number of hydrogen-bond acceptors (Lipinski definition) is 3. The first-order valence-corrected chi connectivity index (χ1v) is 9.28. The zero-order valence-electron chi connectivity index (χ0n) is 14.7. The molecule has 3 N–H and O–H groups in total. The maximum Gasteiger partial charge on any atom is 0.259 e. The number of benzene rings is 2. The summed E-state index contributed by atoms with van der Waals surface area (Å²) in [6.45, 7) is 0. The standard InChI is InChI=1S/C20H13BrF2N4O2.CH4/c21-12-9-25-20(29)16-17(11-6-4-10(5-7-11)8-15(24)28)26-27(18(12)16)19-13(22)2-1-3-14(19)23;/h1-7,9H,8H2,(H2,24,28)(H,25,29);1H4. The number of nitrogens with one attached hydrogen (secondary N) is 1. The summed E-state index contributed by atoms with van der Waals surface area (Å²) in [6, 6.07) is 10.2. The number of nitrogens with zero attached hydrogens (tertiary/aromatic N) is 2. The van der Waals surface area contributed by atoms with Crippen molar-refractivity contribution in [2.75, 3.05) is 0 Å². The Hall–Kier alpha value is -3.33. The maximum absolute atomic E-state index is 14.4. The maximum atomic E-state index is 14.4. The predicted molar refractivity (Wildman–Crippen MR) is 114 cm³/mol. The van der Waals surface area contributed by atoms with Crippen molar-refractivity contribution in [2.24, 2.45) is 5.73 Å². The molecule has 0 atom stereocenters. The molecule has 2 aromatic carbocycles. The van der Waals surface area contributed by atoms with Crippen molar-refractivity contribution in [1.82, 2.24) is 14.8 Å². The van der Waals surface area contributed by atoms with E-state index in [-0.39, 0.29) is 36.1 Å². The lowest BCUT2D eigenvalue weighted by Crippen LogP contribution is -2.13. The molecule has 0 saturated carbocycles. The van der Waals surface area contributed by atoms with Gasteiger partial charge >= 0.3 is 0 Å². The van der Waals surface area contributed by atoms with Gasteiger partial charge in [-0.1, -0.05) is 37.8 Å². The first kappa shape index (κ1) is 21.4. The van der Waals surface area contributed by atoms with Crippen LogP contribution in [0, 0.1) is 11.6 Å². The Morgan fingerprint density at radius 3 is 2.37 bits per heavy atom. The third-order valence-corrected chi connectivity index (χ3v) is 5.03. The van der Waals surface area contributed by atoms with E-state index in [9.17, 15) is 18.4 Å². The van der Waals surface area contributed by atoms with Gasteiger partial charge in [-0.05, 0) is 33.6 Å². The van der Waals surface area contributed by atoms with Crippen LogP contribution in [0.25, 0.3) is 27.8 Å². The van der Waals surface area contributed by atoms with Crippen molar-refractivity contribution in [3.05, 3.63) is 80.7 Å². The second-order valence-corrected chi connectivity index (χ2v) is 7.21. The number of fused-ring (bicyclic) bond motifs is 1. The number of rotatable bonds is 4. The fourth-order valence-corrected chi connectivity index (χ4v) is 3.64. The number of carbonyl (C=O) groups is 1. The molecule has 0 aliphatic heterocycles. The van der Waals surface area contributed by atoms with E-state index in [4.69, 9.17) is 5.73 Å². The van der Waals surface area contributed by atoms with Crippen LogP contribution in [-0.2, 0) is 11.2 Å². The molecule has 0 bridgehead atoms. The highest BCUT2D eigenvalue weighted by molar-refractivity contribution is 9.10. The number of nitrogens with two attached hydrogens (primary N) is 1. The summed E-state index contributed by atoms with van der Waals surface area (Å²) in [6.07, 6.45) is 1.46. The van der Waals surface area contributed by atoms with Crippen LogP contribution in [0.2, 0.25) is 0 Å². The number of pyridine rings is 1. The number of aromatic amines is 1. The van der Waals surface area contributed by atoms with E-state index in [2.05, 4.69) is 26.0 Å². The summed E-state index contributed by atoms with van der Waals surface area (Å²) in [4.78, 5) is 26.2. The Morgan fingerprint density at radius 1 is 1.13 bits per heavy atom. The van der Waals surface area contributed by atoms with Gasteiger partial charge in [0.2, 0.25) is 5.91 Å². The van der Waals surface area contributed by atoms with E-state index < -0.39 is 23.1 Å². The molecule has 0 aliphatic rings. The van der Waals surface area contributed by atoms with Gasteiger partial charge in [-0.2, -0.15) is 5.10 Å². The lowest BCUT2D eigenvalue weighted by molar-refractivity contribution is -0.117. The van der Waals surface area contributed by atoms with Gasteiger partial charge in [0, 0.05) is 11.8 Å². The molecule has 0 aliphatic carbocycles. The summed E-state index contributed by atoms with van der Waals surface area (Å²) < 4.78 is 30.4. The SMILES string of the molecule is C.NC(=O)Cc1ccc(-c2nn(-c3c(F)cccc3F)c3c(Br)c[nH]c(=O)c23)cc1. The first-order valence-electron chi connectivity index (χ1n) is 8.48. The highest BCUT2D eigenvalue weighted by Gasteiger charge is 2.22. The highest BCUT2D eigenvalue weighted by atomic mass is 79.9. The average Bonchev–Trinajstić information content (AvgIpc) is 3.06. The minimum Gasteiger partial charge on any atom is -0.369 e. The zero-order valence-corrected chi connectivity index (χ0v) is 16.3. The van der Waals surface area contributed by atoms with E-state index in [1.54, 1.807) is 24.3 Å². The molecule has 9 heteroatoms. The lowest BCUT2D eigenvalue weighted by atomic mass is 10.1. The van der Waals surface area contributed by atoms with Gasteiger partial charge in [0.05, 0.1) is 21.8 Å². The van der Waals surface area contributed by atoms with Crippen LogP contribution in [0.4, 0.5) is 8.78 Å². The van der Waals surface area contributed by atoms with Gasteiger partial charge in [-0.25, -0.2) is 13.5 Å². The summed E-state index contributed by atoms with van der Waals surface area (Å²) in [5, 5.41) is 4.53. The fraction of sp³-hybridized carbons (Fsp3) is 0.0952. The van der Waals surface area contributed by atoms with Crippen LogP contribution >= 0.6 is 15.9 Å². The number of halogens is 3. The summed E-state index contributed by atoms with van der Waals surface area (Å²) >= 11 is 3.33. The summed E-state index contributed by atoms with van der Waals surface area (Å²) in [5.41, 5.74) is 6.07. The van der Waals surface area contributed by atoms with Crippen molar-refractivity contribution in [3.8, 4) is 16.9 Å². The summed E-state index contributed by atoms with van der Waals surface area (Å²) in [7, 11) is 0. The molecule has 0 saturated heterocycles. The molecule has 0 radical (unpaired) electrons. The minimum absolute atomic E-state index is 0. The average molecular weight is 475 g/mol. The Morgan fingerprint density at radius 2 is 1.77 bits per heavy atom. The zero-order chi connectivity index (χ0) is 20.7. The van der Waals surface area contributed by atoms with Gasteiger partial charge in [0.25, 0.3) is 5.56 Å². The molecule has 0 spiro atoms. The predicted octanol–water partition coefficient (Wildman–Crippen LogP) is 4.09. The minimum atomic E-state index is -0.815. The second-order valence-electron chi connectivity index (χ2n) is 6.36. The van der Waals surface area contributed by atoms with E-state index in [0.29, 0.717) is 15.6 Å². The smallest absolute Gasteiger partial charge is 0.259 e. The van der Waals surface area contributed by atoms with Crippen LogP contribution < -0.4 is 11.3 Å². The molecule has 4 aromatic rings. The van der Waals surface area contributed by atoms with Crippen molar-refractivity contribution >= 4 is 32.7 Å². The number of carbonyl (C=O) groups excluding carboxylic acids is 1. The largest absolute Gasteiger partial charge is 0.369 e. The van der Waals surface area contributed by atoms with Gasteiger partial charge in [0.1, 0.15) is 11.4 Å². The first-order chi connectivity index (χ1) is 13.9. The third kappa shape index (κ3) is 3.63. The number of aromatic nitrogens is 3. The van der Waals surface area contributed by atoms with Gasteiger partial charge in [0.15, 0.2) is 11.6 Å². The molecule has 2 heterocycles. The van der Waals surface area contributed by atoms with E-state index in [1.807, 2.05) is 0 Å². The monoisotopic (exact) mass is 474 g/mol. The van der Waals surface area contributed by atoms with E-state index >= 15 is 0 Å². The Bertz CT molecular complexity index is 1290. The second kappa shape index (κ2) is 8.19. The van der Waals surface area contributed by atoms with Gasteiger partial charge < -0.3 is 10.7 Å². The number of primary amides is 1. The Labute approximate surface area is 178 Å². The molecule has 2 aromatic heterocycles. The Balaban J connectivity index is 0.00000256. The van der Waals surface area contributed by atoms with Crippen LogP contribution in [0.3, 0.4) is 0 Å². The molecule has 30 heavy (non-hydrogen) atoms. The number of hydrogen-bond donors (Lipinski definition) is 2. The molecular weight excluding hydrogens is 458 g/mol. The van der Waals surface area contributed by atoms with Gasteiger partial charge in [-0.15, -0.1) is 0 Å². The van der Waals surface area contributed by atoms with Crippen molar-refractivity contribution in [1.29, 1.82) is 0 Å². The topological polar surface area (TPSA) is 93.8 Å². The quantitative estimate of drug-likeness (QED) is 0.466. The highest BCUT2D eigenvalue weighted by Crippen LogP contribution is 2.33. The Kier molecular flexibility index (Phi) is 5.84. The molecule has 0 fully saturated rings. The molecule has 154 valence electrons. The normalized spacial score (nSPS) is 10.8. The molecule has 1 amide bonds. The third-order valence-electron chi connectivity index (χ3n) is 4.42. The number of amides is 1. The van der Waals surface area contributed by atoms with Crippen LogP contribution in [-0.4, -0.2) is 20.7 Å². The van der Waals surface area contributed by atoms with Crippen molar-refractivity contribution in [2.45, 2.75) is 13.8 Å². The van der Waals surface area contributed by atoms with Crippen LogP contribution in [0.1, 0.15) is 13.0 Å². The molecule has 0 unspecified atom stereocenters. The molecular formula is C21H17BrF2N4O2. The van der Waals surface area contributed by atoms with Crippen LogP contribution in [0.15, 0.2) is 57.9 Å². The lowest BCUT2D eigenvalue weighted by Gasteiger charge is -2.07. The van der Waals surface area contributed by atoms with Crippen molar-refractivity contribution < 1.29 is 13.6 Å². The number of H-pyrrole nitrogens is 1. The molecule has 4 rings (SSSR count). The van der Waals surface area contributed by atoms with E-state index in [0.717, 1.165) is 16.8 Å². The van der Waals surface area contributed by atoms with Crippen molar-refractivity contribution in [3.63, 3.8) is 0 Å². The van der Waals surface area contributed by atoms with E-state index in [1.165, 1.54) is 12.3 Å². The number of para-hydroxylation sites is 1. The summed E-state index contributed by atoms with van der Waals surface area (Å²) in [5.74, 6) is -2.10.